The van der Waals surface area contributed by atoms with Crippen LogP contribution in [0, 0.1) is 46.3 Å². The van der Waals surface area contributed by atoms with Gasteiger partial charge in [-0.2, -0.15) is 0 Å². The Bertz CT molecular complexity index is 1190. The third kappa shape index (κ3) is 12.1. The van der Waals surface area contributed by atoms with E-state index in [4.69, 9.17) is 9.47 Å². The van der Waals surface area contributed by atoms with Gasteiger partial charge in [-0.15, -0.1) is 0 Å². The van der Waals surface area contributed by atoms with Gasteiger partial charge >= 0.3 is 12.1 Å². The monoisotopic (exact) mass is 748 g/mol. The summed E-state index contributed by atoms with van der Waals surface area (Å²) in [6.45, 7) is 19.3. The number of hydrogen-bond donors (Lipinski definition) is 2. The third-order valence-corrected chi connectivity index (χ3v) is 15.2. The second kappa shape index (κ2) is 19.3. The topological polar surface area (TPSA) is 93.7 Å². The molecule has 0 radical (unpaired) electrons. The van der Waals surface area contributed by atoms with E-state index in [1.165, 1.54) is 73.0 Å². The molecule has 0 bridgehead atoms. The molecule has 51 heavy (non-hydrogen) atoms. The van der Waals surface area contributed by atoms with Crippen LogP contribution in [0.2, 0.25) is 0 Å². The smallest absolute Gasteiger partial charge is 0.407 e. The van der Waals surface area contributed by atoms with Crippen LogP contribution in [0.25, 0.3) is 0 Å². The molecule has 0 spiro atoms. The van der Waals surface area contributed by atoms with E-state index in [2.05, 4.69) is 51.3 Å². The molecule has 0 unspecified atom stereocenters. The number of esters is 1. The predicted molar refractivity (Wildman–Crippen MR) is 214 cm³/mol. The first-order valence-corrected chi connectivity index (χ1v) is 23.0. The summed E-state index contributed by atoms with van der Waals surface area (Å²) >= 11 is 0. The van der Waals surface area contributed by atoms with E-state index < -0.39 is 5.60 Å². The van der Waals surface area contributed by atoms with Gasteiger partial charge < -0.3 is 20.1 Å². The highest BCUT2D eigenvalue weighted by Crippen LogP contribution is 2.67. The van der Waals surface area contributed by atoms with Gasteiger partial charge in [-0.05, 0) is 125 Å². The fraction of sp³-hybridized carbons (Fsp3) is 0.881. The second-order valence-electron chi connectivity index (χ2n) is 18.4. The van der Waals surface area contributed by atoms with E-state index in [1.807, 2.05) is 20.8 Å². The van der Waals surface area contributed by atoms with Crippen LogP contribution in [-0.2, 0) is 19.1 Å². The van der Waals surface area contributed by atoms with Gasteiger partial charge in [-0.1, -0.05) is 100.0 Å². The molecule has 292 valence electrons. The number of carbonyl (C=O) groups is 3. The van der Waals surface area contributed by atoms with E-state index >= 15 is 0 Å². The van der Waals surface area contributed by atoms with Crippen molar-refractivity contribution < 1.29 is 23.9 Å². The summed E-state index contributed by atoms with van der Waals surface area (Å²) in [5.41, 5.74) is 1.84. The molecule has 3 fully saturated rings. The molecule has 4 aliphatic carbocycles. The van der Waals surface area contributed by atoms with Crippen LogP contribution < -0.4 is 10.6 Å². The van der Waals surface area contributed by atoms with Crippen LogP contribution >= 0.6 is 21.6 Å². The minimum Gasteiger partial charge on any atom is -0.461 e. The van der Waals surface area contributed by atoms with Crippen LogP contribution in [0.15, 0.2) is 11.6 Å². The molecule has 0 aromatic rings. The second-order valence-corrected chi connectivity index (χ2v) is 20.8. The van der Waals surface area contributed by atoms with Crippen molar-refractivity contribution in [3.63, 3.8) is 0 Å². The third-order valence-electron chi connectivity index (χ3n) is 13.1. The maximum Gasteiger partial charge on any atom is 0.407 e. The Labute approximate surface area is 318 Å². The first-order valence-electron chi connectivity index (χ1n) is 20.5. The van der Waals surface area contributed by atoms with Crippen LogP contribution in [0.4, 0.5) is 4.79 Å². The molecule has 0 aliphatic heterocycles. The zero-order valence-corrected chi connectivity index (χ0v) is 35.0. The summed E-state index contributed by atoms with van der Waals surface area (Å²) in [5, 5.41) is 5.74. The molecule has 2 amide bonds. The largest absolute Gasteiger partial charge is 0.461 e. The van der Waals surface area contributed by atoms with Gasteiger partial charge in [0, 0.05) is 19.5 Å². The Kier molecular flexibility index (Phi) is 16.0. The van der Waals surface area contributed by atoms with E-state index in [0.29, 0.717) is 24.3 Å². The van der Waals surface area contributed by atoms with Crippen LogP contribution in [0.1, 0.15) is 152 Å². The van der Waals surface area contributed by atoms with Crippen molar-refractivity contribution >= 4 is 39.6 Å². The van der Waals surface area contributed by atoms with Crippen LogP contribution in [-0.4, -0.2) is 54.3 Å². The zero-order valence-electron chi connectivity index (χ0n) is 33.4. The highest BCUT2D eigenvalue weighted by Gasteiger charge is 2.59. The predicted octanol–water partition coefficient (Wildman–Crippen LogP) is 10.5. The van der Waals surface area contributed by atoms with E-state index in [0.717, 1.165) is 80.5 Å². The van der Waals surface area contributed by atoms with Gasteiger partial charge in [0.15, 0.2) is 0 Å². The number of amides is 2. The van der Waals surface area contributed by atoms with Crippen molar-refractivity contribution in [1.29, 1.82) is 0 Å². The molecular weight excluding hydrogens is 677 g/mol. The Balaban J connectivity index is 1.09. The molecule has 4 aliphatic rings. The highest BCUT2D eigenvalue weighted by molar-refractivity contribution is 8.77. The maximum atomic E-state index is 12.8. The highest BCUT2D eigenvalue weighted by atomic mass is 33.1. The lowest BCUT2D eigenvalue weighted by atomic mass is 9.47. The zero-order chi connectivity index (χ0) is 37.2. The van der Waals surface area contributed by atoms with Crippen LogP contribution in [0.5, 0.6) is 0 Å². The number of alkyl carbamates (subject to hydrolysis) is 1. The van der Waals surface area contributed by atoms with Crippen LogP contribution in [0.3, 0.4) is 0 Å². The summed E-state index contributed by atoms with van der Waals surface area (Å²) in [7, 11) is 2.83. The van der Waals surface area contributed by atoms with Crippen molar-refractivity contribution in [2.24, 2.45) is 46.3 Å². The summed E-state index contributed by atoms with van der Waals surface area (Å²) in [4.78, 5) is 36.7. The number of allylic oxidation sites excluding steroid dienone is 1. The number of ether oxygens (including phenoxy) is 2. The Morgan fingerprint density at radius 2 is 1.57 bits per heavy atom. The molecule has 0 aromatic carbocycles. The minimum atomic E-state index is -0.485. The number of nitrogens with one attached hydrogen (secondary N) is 2. The fourth-order valence-electron chi connectivity index (χ4n) is 10.5. The Morgan fingerprint density at radius 1 is 0.863 bits per heavy atom. The van der Waals surface area contributed by atoms with Crippen molar-refractivity contribution in [1.82, 2.24) is 10.6 Å². The maximum absolute atomic E-state index is 12.8. The summed E-state index contributed by atoms with van der Waals surface area (Å²) < 4.78 is 11.2. The van der Waals surface area contributed by atoms with E-state index in [9.17, 15) is 14.4 Å². The van der Waals surface area contributed by atoms with Gasteiger partial charge in [-0.3, -0.25) is 9.59 Å². The van der Waals surface area contributed by atoms with Gasteiger partial charge in [0.2, 0.25) is 5.91 Å². The summed E-state index contributed by atoms with van der Waals surface area (Å²) in [6, 6.07) is 0. The molecule has 0 saturated heterocycles. The number of rotatable bonds is 18. The number of unbranched alkanes of at least 4 members (excludes halogenated alkanes) is 3. The molecule has 4 rings (SSSR count). The van der Waals surface area contributed by atoms with E-state index in [-0.39, 0.29) is 35.2 Å². The molecule has 0 heterocycles. The molecule has 2 N–H and O–H groups in total. The Hall–Kier alpha value is -1.35. The van der Waals surface area contributed by atoms with Gasteiger partial charge in [0.25, 0.3) is 0 Å². The molecule has 7 nitrogen and oxygen atoms in total. The molecule has 3 saturated carbocycles. The molecule has 0 aromatic heterocycles. The lowest BCUT2D eigenvalue weighted by Crippen LogP contribution is -2.51. The normalized spacial score (nSPS) is 30.8. The Morgan fingerprint density at radius 3 is 2.27 bits per heavy atom. The molecule has 9 heteroatoms. The number of hydrogen-bond acceptors (Lipinski definition) is 7. The number of fused-ring (bicyclic) bond motifs is 5. The van der Waals surface area contributed by atoms with Gasteiger partial charge in [0.1, 0.15) is 17.5 Å². The van der Waals surface area contributed by atoms with Crippen molar-refractivity contribution in [3.05, 3.63) is 11.6 Å². The quantitative estimate of drug-likeness (QED) is 0.0624. The standard InChI is InChI=1S/C42H72N2O5S2/c1-29(2)14-13-15-30(3)34-18-19-35-33-17-16-31-26-32(20-22-41(31,7)36(33)21-23-42(34,35)8)48-38(46)28-51-50-27-37(45)43-24-11-9-10-12-25-44-39(47)49-40(4,5)6/h16,29-30,32-36H,9-15,17-28H2,1-8H3,(H,43,45)(H,44,47)/t30-,32+,33+,34-,35+,36+,41+,42-/m1/s1. The summed E-state index contributed by atoms with van der Waals surface area (Å²) in [6.07, 6.45) is 19.9. The fourth-order valence-corrected chi connectivity index (χ4v) is 12.2. The van der Waals surface area contributed by atoms with Gasteiger partial charge in [-0.25, -0.2) is 4.79 Å². The van der Waals surface area contributed by atoms with Crippen molar-refractivity contribution in [3.8, 4) is 0 Å². The molecular formula is C42H72N2O5S2. The molecule has 8 atom stereocenters. The lowest BCUT2D eigenvalue weighted by molar-refractivity contribution is -0.148. The summed E-state index contributed by atoms with van der Waals surface area (Å²) in [5.74, 6) is 5.42. The number of carbonyl (C=O) groups excluding carboxylic acids is 3. The average molecular weight is 749 g/mol. The van der Waals surface area contributed by atoms with Crippen molar-refractivity contribution in [2.75, 3.05) is 24.6 Å². The minimum absolute atomic E-state index is 0.00568. The van der Waals surface area contributed by atoms with Gasteiger partial charge in [0.05, 0.1) is 5.75 Å². The first kappa shape index (κ1) is 42.4. The van der Waals surface area contributed by atoms with E-state index in [1.54, 1.807) is 5.57 Å². The SMILES string of the molecule is CC(C)CCC[C@@H](C)[C@H]1CC[C@H]2[C@@H]3CC=C4C[C@@H](OC(=O)CSSCC(=O)NCCCCCCNC(=O)OC(C)(C)C)CC[C@]4(C)[C@H]3CC[C@]12C. The van der Waals surface area contributed by atoms with Crippen molar-refractivity contribution in [2.45, 2.75) is 163 Å². The first-order chi connectivity index (χ1) is 24.1. The lowest BCUT2D eigenvalue weighted by Gasteiger charge is -2.58. The average Bonchev–Trinajstić information content (AvgIpc) is 3.41.